The highest BCUT2D eigenvalue weighted by molar-refractivity contribution is 7.89. The van der Waals surface area contributed by atoms with Crippen LogP contribution in [0.25, 0.3) is 0 Å². The number of rotatable bonds is 10. The second-order valence-corrected chi connectivity index (χ2v) is 8.66. The highest BCUT2D eigenvalue weighted by atomic mass is 32.2. The minimum atomic E-state index is -3.66. The number of sulfonamides is 1. The molecule has 1 aliphatic heterocycles. The molecule has 0 aliphatic carbocycles. The van der Waals surface area contributed by atoms with E-state index in [2.05, 4.69) is 23.5 Å². The topological polar surface area (TPSA) is 84.9 Å². The van der Waals surface area contributed by atoms with Crippen LogP contribution in [0, 0.1) is 5.92 Å². The third-order valence-electron chi connectivity index (χ3n) is 5.27. The van der Waals surface area contributed by atoms with Crippen molar-refractivity contribution in [1.29, 1.82) is 0 Å². The molecule has 0 amide bonds. The summed E-state index contributed by atoms with van der Waals surface area (Å²) in [4.78, 5) is 14.2. The van der Waals surface area contributed by atoms with Crippen molar-refractivity contribution in [2.45, 2.75) is 44.6 Å². The summed E-state index contributed by atoms with van der Waals surface area (Å²) in [5.74, 6) is -0.0486. The second-order valence-electron chi connectivity index (χ2n) is 6.89. The molecule has 0 radical (unpaired) electrons. The zero-order valence-electron chi connectivity index (χ0n) is 17.0. The van der Waals surface area contributed by atoms with E-state index in [0.29, 0.717) is 31.2 Å². The molecule has 7 nitrogen and oxygen atoms in total. The molecule has 0 saturated carbocycles. The zero-order chi connectivity index (χ0) is 20.6. The van der Waals surface area contributed by atoms with Crippen LogP contribution in [0.2, 0.25) is 0 Å². The van der Waals surface area contributed by atoms with E-state index in [0.717, 1.165) is 25.9 Å². The summed E-state index contributed by atoms with van der Waals surface area (Å²) >= 11 is 0. The first kappa shape index (κ1) is 22.8. The maximum atomic E-state index is 12.8. The third kappa shape index (κ3) is 6.01. The number of benzene rings is 1. The van der Waals surface area contributed by atoms with Crippen LogP contribution in [0.4, 0.5) is 0 Å². The van der Waals surface area contributed by atoms with Gasteiger partial charge >= 0.3 is 5.97 Å². The summed E-state index contributed by atoms with van der Waals surface area (Å²) in [5.41, 5.74) is 0.337. The Morgan fingerprint density at radius 1 is 1.14 bits per heavy atom. The Morgan fingerprint density at radius 2 is 1.75 bits per heavy atom. The minimum Gasteiger partial charge on any atom is -0.462 e. The molecule has 0 spiro atoms. The number of hydrogen-bond donors (Lipinski definition) is 1. The van der Waals surface area contributed by atoms with Crippen LogP contribution in [0.3, 0.4) is 0 Å². The fraction of sp³-hybridized carbons (Fsp3) is 0.650. The highest BCUT2D eigenvalue weighted by Gasteiger charge is 2.28. The monoisotopic (exact) mass is 412 g/mol. The van der Waals surface area contributed by atoms with Gasteiger partial charge in [0.1, 0.15) is 0 Å². The second kappa shape index (κ2) is 10.9. The van der Waals surface area contributed by atoms with Gasteiger partial charge in [0.25, 0.3) is 0 Å². The summed E-state index contributed by atoms with van der Waals surface area (Å²) < 4.78 is 38.7. The lowest BCUT2D eigenvalue weighted by atomic mass is 9.92. The Kier molecular flexibility index (Phi) is 8.88. The summed E-state index contributed by atoms with van der Waals surface area (Å²) in [6, 6.07) is 5.97. The SMILES string of the molecule is CCOC(=O)c1ccc(S(=O)(=O)NCC(C(CC)CC)N2CCOCC2)cc1. The molecule has 158 valence electrons. The molecule has 1 saturated heterocycles. The molecule has 0 aromatic heterocycles. The molecule has 0 bridgehead atoms. The molecule has 1 aliphatic rings. The van der Waals surface area contributed by atoms with Gasteiger partial charge in [0.05, 0.1) is 30.3 Å². The number of ether oxygens (including phenoxy) is 2. The van der Waals surface area contributed by atoms with E-state index in [-0.39, 0.29) is 17.5 Å². The number of carbonyl (C=O) groups is 1. The van der Waals surface area contributed by atoms with E-state index in [1.54, 1.807) is 6.92 Å². The first-order chi connectivity index (χ1) is 13.4. The highest BCUT2D eigenvalue weighted by Crippen LogP contribution is 2.20. The maximum absolute atomic E-state index is 12.8. The van der Waals surface area contributed by atoms with Crippen molar-refractivity contribution >= 4 is 16.0 Å². The fourth-order valence-electron chi connectivity index (χ4n) is 3.60. The largest absolute Gasteiger partial charge is 0.462 e. The molecule has 1 unspecified atom stereocenters. The first-order valence-electron chi connectivity index (χ1n) is 10.0. The molecule has 1 heterocycles. The van der Waals surface area contributed by atoms with Gasteiger partial charge in [-0.15, -0.1) is 0 Å². The van der Waals surface area contributed by atoms with Crippen LogP contribution >= 0.6 is 0 Å². The van der Waals surface area contributed by atoms with Gasteiger partial charge in [0.15, 0.2) is 0 Å². The van der Waals surface area contributed by atoms with Crippen molar-refractivity contribution in [2.24, 2.45) is 5.92 Å². The van der Waals surface area contributed by atoms with E-state index >= 15 is 0 Å². The lowest BCUT2D eigenvalue weighted by molar-refractivity contribution is 0.00297. The van der Waals surface area contributed by atoms with Crippen molar-refractivity contribution in [3.8, 4) is 0 Å². The lowest BCUT2D eigenvalue weighted by Crippen LogP contribution is -2.52. The smallest absolute Gasteiger partial charge is 0.338 e. The maximum Gasteiger partial charge on any atom is 0.338 e. The Morgan fingerprint density at radius 3 is 2.29 bits per heavy atom. The van der Waals surface area contributed by atoms with Gasteiger partial charge in [-0.1, -0.05) is 26.7 Å². The van der Waals surface area contributed by atoms with Crippen molar-refractivity contribution in [3.05, 3.63) is 29.8 Å². The van der Waals surface area contributed by atoms with Crippen LogP contribution in [-0.4, -0.2) is 64.8 Å². The number of hydrogen-bond acceptors (Lipinski definition) is 6. The number of morpholine rings is 1. The minimum absolute atomic E-state index is 0.132. The molecule has 2 rings (SSSR count). The third-order valence-corrected chi connectivity index (χ3v) is 6.71. The van der Waals surface area contributed by atoms with Gasteiger partial charge < -0.3 is 9.47 Å². The Balaban J connectivity index is 2.09. The predicted molar refractivity (Wildman–Crippen MR) is 108 cm³/mol. The molecule has 8 heteroatoms. The van der Waals surface area contributed by atoms with Crippen LogP contribution < -0.4 is 4.72 Å². The van der Waals surface area contributed by atoms with Crippen LogP contribution in [-0.2, 0) is 19.5 Å². The van der Waals surface area contributed by atoms with E-state index in [1.807, 2.05) is 0 Å². The van der Waals surface area contributed by atoms with Crippen LogP contribution in [0.15, 0.2) is 29.2 Å². The summed E-state index contributed by atoms with van der Waals surface area (Å²) in [6.45, 7) is 9.64. The van der Waals surface area contributed by atoms with E-state index < -0.39 is 16.0 Å². The number of nitrogens with one attached hydrogen (secondary N) is 1. The zero-order valence-corrected chi connectivity index (χ0v) is 17.8. The van der Waals surface area contributed by atoms with E-state index in [1.165, 1.54) is 24.3 Å². The average Bonchev–Trinajstić information content (AvgIpc) is 2.72. The molecule has 28 heavy (non-hydrogen) atoms. The summed E-state index contributed by atoms with van der Waals surface area (Å²) in [6.07, 6.45) is 1.99. The average molecular weight is 413 g/mol. The van der Waals surface area contributed by atoms with E-state index in [4.69, 9.17) is 9.47 Å². The lowest BCUT2D eigenvalue weighted by Gasteiger charge is -2.38. The normalized spacial score (nSPS) is 16.9. The number of nitrogens with zero attached hydrogens (tertiary/aromatic N) is 1. The standard InChI is InChI=1S/C20H32N2O5S/c1-4-16(5-2)19(22-11-13-26-14-12-22)15-21-28(24,25)18-9-7-17(8-10-18)20(23)27-6-3/h7-10,16,19,21H,4-6,11-15H2,1-3H3. The molecule has 1 N–H and O–H groups in total. The van der Waals surface area contributed by atoms with E-state index in [9.17, 15) is 13.2 Å². The molecule has 1 atom stereocenters. The summed E-state index contributed by atoms with van der Waals surface area (Å²) in [7, 11) is -3.66. The first-order valence-corrected chi connectivity index (χ1v) is 11.5. The predicted octanol–water partition coefficient (Wildman–Crippen LogP) is 2.28. The number of esters is 1. The van der Waals surface area contributed by atoms with Gasteiger partial charge in [-0.3, -0.25) is 4.90 Å². The Hall–Kier alpha value is -1.48. The molecule has 1 aromatic carbocycles. The van der Waals surface area contributed by atoms with Crippen LogP contribution in [0.5, 0.6) is 0 Å². The quantitative estimate of drug-likeness (QED) is 0.594. The Bertz CT molecular complexity index is 711. The van der Waals surface area contributed by atoms with Gasteiger partial charge in [0, 0.05) is 25.7 Å². The fourth-order valence-corrected chi connectivity index (χ4v) is 4.65. The van der Waals surface area contributed by atoms with Gasteiger partial charge in [-0.05, 0) is 37.1 Å². The summed E-state index contributed by atoms with van der Waals surface area (Å²) in [5, 5.41) is 0. The van der Waals surface area contributed by atoms with Gasteiger partial charge in [-0.2, -0.15) is 0 Å². The van der Waals surface area contributed by atoms with Crippen molar-refractivity contribution in [2.75, 3.05) is 39.5 Å². The van der Waals surface area contributed by atoms with Crippen molar-refractivity contribution < 1.29 is 22.7 Å². The van der Waals surface area contributed by atoms with Gasteiger partial charge in [0.2, 0.25) is 10.0 Å². The molecule has 1 aromatic rings. The molecular weight excluding hydrogens is 380 g/mol. The van der Waals surface area contributed by atoms with Crippen molar-refractivity contribution in [1.82, 2.24) is 9.62 Å². The Labute approximate surface area is 168 Å². The molecular formula is C20H32N2O5S. The van der Waals surface area contributed by atoms with Gasteiger partial charge in [-0.25, -0.2) is 17.9 Å². The van der Waals surface area contributed by atoms with Crippen molar-refractivity contribution in [3.63, 3.8) is 0 Å². The molecule has 1 fully saturated rings. The van der Waals surface area contributed by atoms with Crippen LogP contribution in [0.1, 0.15) is 44.0 Å². The number of carbonyl (C=O) groups excluding carboxylic acids is 1.